The maximum atomic E-state index is 11.2. The van der Waals surface area contributed by atoms with Crippen LogP contribution in [-0.4, -0.2) is 35.8 Å². The van der Waals surface area contributed by atoms with Gasteiger partial charge in [0.1, 0.15) is 5.75 Å². The third-order valence-electron chi connectivity index (χ3n) is 3.69. The summed E-state index contributed by atoms with van der Waals surface area (Å²) in [6, 6.07) is 3.77. The third-order valence-corrected chi connectivity index (χ3v) is 4.79. The van der Waals surface area contributed by atoms with Gasteiger partial charge in [0.2, 0.25) is 0 Å². The second-order valence-corrected chi connectivity index (χ2v) is 6.38. The molecule has 0 unspecified atom stereocenters. The second-order valence-electron chi connectivity index (χ2n) is 5.28. The van der Waals surface area contributed by atoms with E-state index in [0.29, 0.717) is 12.8 Å². The monoisotopic (exact) mass is 333 g/mol. The molecule has 2 aromatic heterocycles. The molecule has 0 aliphatic carbocycles. The van der Waals surface area contributed by atoms with Gasteiger partial charge in [-0.25, -0.2) is 4.98 Å². The van der Waals surface area contributed by atoms with Gasteiger partial charge in [-0.15, -0.1) is 11.3 Å². The molecular weight excluding hydrogens is 314 g/mol. The molecule has 3 heterocycles. The molecule has 0 bridgehead atoms. The Morgan fingerprint density at radius 3 is 3.17 bits per heavy atom. The van der Waals surface area contributed by atoms with Crippen LogP contribution in [0.5, 0.6) is 5.75 Å². The molecule has 0 radical (unpaired) electrons. The van der Waals surface area contributed by atoms with Crippen LogP contribution < -0.4 is 9.64 Å². The van der Waals surface area contributed by atoms with Gasteiger partial charge in [0.05, 0.1) is 19.7 Å². The highest BCUT2D eigenvalue weighted by molar-refractivity contribution is 7.15. The van der Waals surface area contributed by atoms with E-state index in [4.69, 9.17) is 4.74 Å². The van der Waals surface area contributed by atoms with Gasteiger partial charge in [0.15, 0.2) is 11.4 Å². The number of anilines is 1. The van der Waals surface area contributed by atoms with Crippen molar-refractivity contribution >= 4 is 22.4 Å². The topological polar surface area (TPSA) is 64.5 Å². The first kappa shape index (κ1) is 15.7. The Balaban J connectivity index is 1.63. The fourth-order valence-corrected chi connectivity index (χ4v) is 3.50. The third kappa shape index (κ3) is 3.98. The quantitative estimate of drug-likeness (QED) is 0.757. The molecule has 1 aliphatic rings. The first-order valence-corrected chi connectivity index (χ1v) is 8.43. The van der Waals surface area contributed by atoms with Gasteiger partial charge in [0, 0.05) is 30.2 Å². The molecule has 1 atom stereocenters. The van der Waals surface area contributed by atoms with Crippen molar-refractivity contribution in [2.45, 2.75) is 31.9 Å². The second kappa shape index (κ2) is 7.41. The van der Waals surface area contributed by atoms with Gasteiger partial charge < -0.3 is 14.4 Å². The van der Waals surface area contributed by atoms with E-state index in [-0.39, 0.29) is 12.2 Å². The lowest BCUT2D eigenvalue weighted by atomic mass is 10.3. The number of carbonyl (C=O) groups excluding carboxylic acids is 1. The fourth-order valence-electron chi connectivity index (χ4n) is 2.52. The standard InChI is InChI=1S/C16H19N3O3S/c1-21-15(20)7-6-13-11-18-16(23-13)19-9-3-5-14(19)22-12-4-2-8-17-10-12/h2,4,8,10-11,14H,3,5-7,9H2,1H3/t14-/m0/s1. The number of carbonyl (C=O) groups is 1. The maximum Gasteiger partial charge on any atom is 0.305 e. The van der Waals surface area contributed by atoms with Crippen LogP contribution >= 0.6 is 11.3 Å². The summed E-state index contributed by atoms with van der Waals surface area (Å²) in [5.41, 5.74) is 0. The van der Waals surface area contributed by atoms with Crippen molar-refractivity contribution in [3.8, 4) is 5.75 Å². The van der Waals surface area contributed by atoms with Crippen LogP contribution in [0.3, 0.4) is 0 Å². The number of hydrogen-bond donors (Lipinski definition) is 0. The van der Waals surface area contributed by atoms with Crippen molar-refractivity contribution in [2.75, 3.05) is 18.6 Å². The van der Waals surface area contributed by atoms with Crippen LogP contribution in [0, 0.1) is 0 Å². The van der Waals surface area contributed by atoms with Crippen LogP contribution in [0.25, 0.3) is 0 Å². The Kier molecular flexibility index (Phi) is 5.07. The molecule has 2 aromatic rings. The largest absolute Gasteiger partial charge is 0.469 e. The minimum Gasteiger partial charge on any atom is -0.469 e. The van der Waals surface area contributed by atoms with Crippen LogP contribution in [0.2, 0.25) is 0 Å². The molecule has 0 spiro atoms. The van der Waals surface area contributed by atoms with E-state index in [0.717, 1.165) is 35.1 Å². The van der Waals surface area contributed by atoms with Crippen molar-refractivity contribution in [2.24, 2.45) is 0 Å². The number of pyridine rings is 1. The van der Waals surface area contributed by atoms with E-state index in [9.17, 15) is 4.79 Å². The maximum absolute atomic E-state index is 11.2. The Morgan fingerprint density at radius 1 is 1.48 bits per heavy atom. The zero-order valence-corrected chi connectivity index (χ0v) is 13.8. The van der Waals surface area contributed by atoms with Gasteiger partial charge in [0.25, 0.3) is 0 Å². The number of esters is 1. The molecule has 1 fully saturated rings. The zero-order valence-electron chi connectivity index (χ0n) is 13.0. The number of nitrogens with zero attached hydrogens (tertiary/aromatic N) is 3. The summed E-state index contributed by atoms with van der Waals surface area (Å²) < 4.78 is 10.7. The fraction of sp³-hybridized carbons (Fsp3) is 0.438. The SMILES string of the molecule is COC(=O)CCc1cnc(N2CCC[C@@H]2Oc2cccnc2)s1. The lowest BCUT2D eigenvalue weighted by Gasteiger charge is -2.24. The highest BCUT2D eigenvalue weighted by Gasteiger charge is 2.28. The molecule has 1 aliphatic heterocycles. The molecule has 23 heavy (non-hydrogen) atoms. The van der Waals surface area contributed by atoms with Gasteiger partial charge >= 0.3 is 5.97 Å². The molecular formula is C16H19N3O3S. The lowest BCUT2D eigenvalue weighted by Crippen LogP contribution is -2.33. The minimum absolute atomic E-state index is 0.0150. The average Bonchev–Trinajstić information content (AvgIpc) is 3.22. The number of thiazole rings is 1. The molecule has 3 rings (SSSR count). The van der Waals surface area contributed by atoms with Crippen LogP contribution in [0.15, 0.2) is 30.7 Å². The van der Waals surface area contributed by atoms with Crippen LogP contribution in [0.1, 0.15) is 24.1 Å². The Hall–Kier alpha value is -2.15. The van der Waals surface area contributed by atoms with Crippen molar-refractivity contribution in [1.29, 1.82) is 0 Å². The summed E-state index contributed by atoms with van der Waals surface area (Å²) in [5.74, 6) is 0.575. The van der Waals surface area contributed by atoms with E-state index < -0.39 is 0 Å². The number of aryl methyl sites for hydroxylation is 1. The van der Waals surface area contributed by atoms with Gasteiger partial charge in [-0.2, -0.15) is 0 Å². The molecule has 0 amide bonds. The molecule has 0 N–H and O–H groups in total. The summed E-state index contributed by atoms with van der Waals surface area (Å²) in [6.07, 6.45) is 8.35. The molecule has 0 aromatic carbocycles. The number of hydrogen-bond acceptors (Lipinski definition) is 7. The number of aromatic nitrogens is 2. The van der Waals surface area contributed by atoms with E-state index in [2.05, 4.69) is 19.6 Å². The average molecular weight is 333 g/mol. The Morgan fingerprint density at radius 2 is 2.39 bits per heavy atom. The smallest absolute Gasteiger partial charge is 0.305 e. The van der Waals surface area contributed by atoms with Gasteiger partial charge in [-0.3, -0.25) is 9.78 Å². The first-order valence-electron chi connectivity index (χ1n) is 7.61. The number of rotatable bonds is 6. The minimum atomic E-state index is -0.195. The van der Waals surface area contributed by atoms with Gasteiger partial charge in [-0.1, -0.05) is 0 Å². The number of methoxy groups -OCH3 is 1. The highest BCUT2D eigenvalue weighted by atomic mass is 32.1. The summed E-state index contributed by atoms with van der Waals surface area (Å²) in [6.45, 7) is 0.925. The van der Waals surface area contributed by atoms with Crippen molar-refractivity contribution in [3.05, 3.63) is 35.6 Å². The molecule has 1 saturated heterocycles. The molecule has 122 valence electrons. The first-order chi connectivity index (χ1) is 11.3. The van der Waals surface area contributed by atoms with Crippen molar-refractivity contribution in [3.63, 3.8) is 0 Å². The van der Waals surface area contributed by atoms with E-state index in [1.807, 2.05) is 18.3 Å². The summed E-state index contributed by atoms with van der Waals surface area (Å²) >= 11 is 1.61. The van der Waals surface area contributed by atoms with Crippen molar-refractivity contribution < 1.29 is 14.3 Å². The van der Waals surface area contributed by atoms with Crippen LogP contribution in [0.4, 0.5) is 5.13 Å². The normalized spacial score (nSPS) is 17.3. The van der Waals surface area contributed by atoms with E-state index in [1.54, 1.807) is 23.7 Å². The van der Waals surface area contributed by atoms with Gasteiger partial charge in [-0.05, 0) is 25.0 Å². The summed E-state index contributed by atoms with van der Waals surface area (Å²) in [5, 5.41) is 0.941. The van der Waals surface area contributed by atoms with E-state index in [1.165, 1.54) is 7.11 Å². The predicted molar refractivity (Wildman–Crippen MR) is 87.7 cm³/mol. The molecule has 7 heteroatoms. The highest BCUT2D eigenvalue weighted by Crippen LogP contribution is 2.31. The van der Waals surface area contributed by atoms with Crippen LogP contribution in [-0.2, 0) is 16.0 Å². The zero-order chi connectivity index (χ0) is 16.1. The Labute approximate surface area is 139 Å². The predicted octanol–water partition coefficient (Wildman–Crippen LogP) is 2.65. The van der Waals surface area contributed by atoms with E-state index >= 15 is 0 Å². The summed E-state index contributed by atoms with van der Waals surface area (Å²) in [4.78, 5) is 23.1. The lowest BCUT2D eigenvalue weighted by molar-refractivity contribution is -0.140. The molecule has 0 saturated carbocycles. The van der Waals surface area contributed by atoms with Crippen molar-refractivity contribution in [1.82, 2.24) is 9.97 Å². The Bertz CT molecular complexity index is 647. The molecule has 6 nitrogen and oxygen atoms in total. The summed E-state index contributed by atoms with van der Waals surface area (Å²) in [7, 11) is 1.41. The number of ether oxygens (including phenoxy) is 2.